The van der Waals surface area contributed by atoms with Gasteiger partial charge < -0.3 is 10.1 Å². The van der Waals surface area contributed by atoms with Gasteiger partial charge in [-0.05, 0) is 35.9 Å². The maximum Gasteiger partial charge on any atom is 0.260 e. The van der Waals surface area contributed by atoms with Crippen molar-refractivity contribution in [1.82, 2.24) is 14.3 Å². The maximum atomic E-state index is 12.6. The first-order chi connectivity index (χ1) is 12.4. The smallest absolute Gasteiger partial charge is 0.260 e. The Morgan fingerprint density at radius 3 is 2.42 bits per heavy atom. The molecule has 0 saturated carbocycles. The van der Waals surface area contributed by atoms with Crippen LogP contribution in [0.1, 0.15) is 10.4 Å². The third-order valence-corrected chi connectivity index (χ3v) is 6.06. The summed E-state index contributed by atoms with van der Waals surface area (Å²) in [6, 6.07) is 5.85. The molecule has 3 rings (SSSR count). The Kier molecular flexibility index (Phi) is 5.73. The molecule has 0 radical (unpaired) electrons. The molecule has 0 spiro atoms. The number of sulfonamides is 1. The Hall–Kier alpha value is -1.78. The second-order valence-corrected chi connectivity index (χ2v) is 7.97. The lowest BCUT2D eigenvalue weighted by molar-refractivity contribution is 0.0730. The minimum atomic E-state index is -3.59. The van der Waals surface area contributed by atoms with Crippen LogP contribution in [0.15, 0.2) is 35.4 Å². The van der Waals surface area contributed by atoms with Gasteiger partial charge in [0.2, 0.25) is 15.3 Å². The van der Waals surface area contributed by atoms with Gasteiger partial charge in [0, 0.05) is 25.0 Å². The van der Waals surface area contributed by atoms with Crippen LogP contribution in [0.2, 0.25) is 10.4 Å². The van der Waals surface area contributed by atoms with Crippen LogP contribution >= 0.6 is 23.2 Å². The van der Waals surface area contributed by atoms with E-state index < -0.39 is 15.9 Å². The van der Waals surface area contributed by atoms with Gasteiger partial charge in [-0.25, -0.2) is 18.4 Å². The summed E-state index contributed by atoms with van der Waals surface area (Å²) < 4.78 is 31.7. The fraction of sp³-hybridized carbons (Fsp3) is 0.267. The lowest BCUT2D eigenvalue weighted by Crippen LogP contribution is -2.40. The summed E-state index contributed by atoms with van der Waals surface area (Å²) in [6.07, 6.45) is 1.21. The SMILES string of the molecule is O=C(Nc1ccc(S(=O)(=O)N2CCOCC2)cc1)c1cnc(Cl)nc1Cl. The first-order valence-electron chi connectivity index (χ1n) is 7.55. The highest BCUT2D eigenvalue weighted by Crippen LogP contribution is 2.21. The molecule has 1 aliphatic rings. The van der Waals surface area contributed by atoms with E-state index in [0.29, 0.717) is 32.0 Å². The molecule has 1 amide bonds. The van der Waals surface area contributed by atoms with E-state index in [9.17, 15) is 13.2 Å². The summed E-state index contributed by atoms with van der Waals surface area (Å²) in [4.78, 5) is 19.8. The Morgan fingerprint density at radius 2 is 1.81 bits per heavy atom. The van der Waals surface area contributed by atoms with Gasteiger partial charge in [0.15, 0.2) is 0 Å². The number of aromatic nitrogens is 2. The van der Waals surface area contributed by atoms with Crippen molar-refractivity contribution in [3.05, 3.63) is 46.5 Å². The number of amides is 1. The molecule has 8 nitrogen and oxygen atoms in total. The molecule has 1 aliphatic heterocycles. The van der Waals surface area contributed by atoms with E-state index in [-0.39, 0.29) is 20.9 Å². The Morgan fingerprint density at radius 1 is 1.15 bits per heavy atom. The van der Waals surface area contributed by atoms with Crippen molar-refractivity contribution in [2.75, 3.05) is 31.6 Å². The van der Waals surface area contributed by atoms with Crippen molar-refractivity contribution in [1.29, 1.82) is 0 Å². The van der Waals surface area contributed by atoms with E-state index in [4.69, 9.17) is 27.9 Å². The van der Waals surface area contributed by atoms with Gasteiger partial charge >= 0.3 is 0 Å². The Balaban J connectivity index is 1.74. The molecule has 0 unspecified atom stereocenters. The van der Waals surface area contributed by atoms with E-state index in [1.807, 2.05) is 0 Å². The normalized spacial score (nSPS) is 15.6. The molecule has 1 fully saturated rings. The topological polar surface area (TPSA) is 101 Å². The summed E-state index contributed by atoms with van der Waals surface area (Å²) in [5.74, 6) is -0.532. The highest BCUT2D eigenvalue weighted by Gasteiger charge is 2.26. The zero-order valence-electron chi connectivity index (χ0n) is 13.4. The maximum absolute atomic E-state index is 12.6. The molecule has 26 heavy (non-hydrogen) atoms. The molecular formula is C15H14Cl2N4O4S. The third kappa shape index (κ3) is 4.13. The number of carbonyl (C=O) groups is 1. The van der Waals surface area contributed by atoms with Crippen molar-refractivity contribution >= 4 is 44.8 Å². The largest absolute Gasteiger partial charge is 0.379 e. The zero-order valence-corrected chi connectivity index (χ0v) is 15.7. The lowest BCUT2D eigenvalue weighted by atomic mass is 10.3. The number of rotatable bonds is 4. The number of anilines is 1. The van der Waals surface area contributed by atoms with Crippen LogP contribution in [0.4, 0.5) is 5.69 Å². The average molecular weight is 417 g/mol. The molecule has 2 aromatic rings. The number of hydrogen-bond acceptors (Lipinski definition) is 6. The van der Waals surface area contributed by atoms with Crippen molar-refractivity contribution in [3.63, 3.8) is 0 Å². The van der Waals surface area contributed by atoms with Gasteiger partial charge in [0.05, 0.1) is 23.7 Å². The van der Waals surface area contributed by atoms with E-state index in [1.54, 1.807) is 0 Å². The second-order valence-electron chi connectivity index (χ2n) is 5.34. The second kappa shape index (κ2) is 7.85. The predicted octanol–water partition coefficient (Wildman–Crippen LogP) is 2.06. The molecule has 0 aliphatic carbocycles. The first-order valence-corrected chi connectivity index (χ1v) is 9.75. The van der Waals surface area contributed by atoms with Gasteiger partial charge in [-0.2, -0.15) is 4.31 Å². The molecule has 2 heterocycles. The summed E-state index contributed by atoms with van der Waals surface area (Å²) in [6.45, 7) is 1.38. The number of ether oxygens (including phenoxy) is 1. The van der Waals surface area contributed by atoms with Gasteiger partial charge in [0.25, 0.3) is 5.91 Å². The fourth-order valence-corrected chi connectivity index (χ4v) is 4.14. The number of nitrogens with one attached hydrogen (secondary N) is 1. The minimum absolute atomic E-state index is 0.0566. The highest BCUT2D eigenvalue weighted by molar-refractivity contribution is 7.89. The zero-order chi connectivity index (χ0) is 18.7. The standard InChI is InChI=1S/C15H14Cl2N4O4S/c16-13-12(9-18-15(17)20-13)14(22)19-10-1-3-11(4-2-10)26(23,24)21-5-7-25-8-6-21/h1-4,9H,5-8H2,(H,19,22). The van der Waals surface area contributed by atoms with Gasteiger partial charge in [-0.3, -0.25) is 4.79 Å². The molecule has 1 aromatic heterocycles. The van der Waals surface area contributed by atoms with Crippen LogP contribution in [0.25, 0.3) is 0 Å². The molecule has 138 valence electrons. The van der Waals surface area contributed by atoms with Crippen molar-refractivity contribution in [3.8, 4) is 0 Å². The summed E-state index contributed by atoms with van der Waals surface area (Å²) in [7, 11) is -3.59. The van der Waals surface area contributed by atoms with Crippen LogP contribution in [0.3, 0.4) is 0 Å². The lowest BCUT2D eigenvalue weighted by Gasteiger charge is -2.26. The molecule has 0 atom stereocenters. The van der Waals surface area contributed by atoms with Gasteiger partial charge in [-0.1, -0.05) is 11.6 Å². The van der Waals surface area contributed by atoms with Crippen LogP contribution < -0.4 is 5.32 Å². The quantitative estimate of drug-likeness (QED) is 0.604. The van der Waals surface area contributed by atoms with E-state index in [2.05, 4.69) is 15.3 Å². The third-order valence-electron chi connectivity index (χ3n) is 3.68. The molecule has 1 aromatic carbocycles. The highest BCUT2D eigenvalue weighted by atomic mass is 35.5. The van der Waals surface area contributed by atoms with E-state index in [0.717, 1.165) is 0 Å². The number of benzene rings is 1. The van der Waals surface area contributed by atoms with Crippen LogP contribution in [-0.2, 0) is 14.8 Å². The number of halogens is 2. The van der Waals surface area contributed by atoms with Crippen molar-refractivity contribution in [2.24, 2.45) is 0 Å². The molecule has 1 saturated heterocycles. The summed E-state index contributed by atoms with van der Waals surface area (Å²) >= 11 is 11.5. The van der Waals surface area contributed by atoms with Gasteiger partial charge in [-0.15, -0.1) is 0 Å². The Labute approximate surface area is 160 Å². The fourth-order valence-electron chi connectivity index (χ4n) is 2.34. The van der Waals surface area contributed by atoms with E-state index >= 15 is 0 Å². The van der Waals surface area contributed by atoms with Crippen molar-refractivity contribution in [2.45, 2.75) is 4.90 Å². The van der Waals surface area contributed by atoms with E-state index in [1.165, 1.54) is 34.8 Å². The molecular weight excluding hydrogens is 403 g/mol. The number of nitrogens with zero attached hydrogens (tertiary/aromatic N) is 3. The molecule has 1 N–H and O–H groups in total. The first kappa shape index (κ1) is 19.0. The molecule has 11 heteroatoms. The number of carbonyl (C=O) groups excluding carboxylic acids is 1. The number of morpholine rings is 1. The molecule has 0 bridgehead atoms. The van der Waals surface area contributed by atoms with Gasteiger partial charge in [0.1, 0.15) is 5.15 Å². The average Bonchev–Trinajstić information content (AvgIpc) is 2.63. The van der Waals surface area contributed by atoms with Crippen LogP contribution in [0.5, 0.6) is 0 Å². The summed E-state index contributed by atoms with van der Waals surface area (Å²) in [5, 5.41) is 2.46. The predicted molar refractivity (Wildman–Crippen MR) is 96.0 cm³/mol. The summed E-state index contributed by atoms with van der Waals surface area (Å²) in [5.41, 5.74) is 0.461. The van der Waals surface area contributed by atoms with Crippen molar-refractivity contribution < 1.29 is 17.9 Å². The van der Waals surface area contributed by atoms with Crippen LogP contribution in [0, 0.1) is 0 Å². The Bertz CT molecular complexity index is 916. The minimum Gasteiger partial charge on any atom is -0.379 e. The monoisotopic (exact) mass is 416 g/mol. The number of hydrogen-bond donors (Lipinski definition) is 1. The van der Waals surface area contributed by atoms with Crippen LogP contribution in [-0.4, -0.2) is 54.9 Å².